The minimum atomic E-state index is -1.03. The van der Waals surface area contributed by atoms with E-state index < -0.39 is 10.8 Å². The van der Waals surface area contributed by atoms with E-state index in [0.29, 0.717) is 16.5 Å². The lowest BCUT2D eigenvalue weighted by Gasteiger charge is -2.26. The van der Waals surface area contributed by atoms with E-state index >= 15 is 0 Å². The Labute approximate surface area is 128 Å². The Morgan fingerprint density at radius 1 is 1.24 bits per heavy atom. The number of hydrogen-bond donors (Lipinski definition) is 1. The highest BCUT2D eigenvalue weighted by molar-refractivity contribution is 7.85. The number of aromatic nitrogens is 2. The van der Waals surface area contributed by atoms with Gasteiger partial charge >= 0.3 is 0 Å². The Kier molecular flexibility index (Phi) is 2.84. The van der Waals surface area contributed by atoms with E-state index in [1.807, 2.05) is 24.3 Å². The Balaban J connectivity index is 1.62. The highest BCUT2D eigenvalue weighted by atomic mass is 32.2. The number of hydrogen-bond acceptors (Lipinski definition) is 2. The van der Waals surface area contributed by atoms with Gasteiger partial charge in [-0.2, -0.15) is 0 Å². The second kappa shape index (κ2) is 4.42. The lowest BCUT2D eigenvalue weighted by molar-refractivity contribution is 0.372. The largest absolute Gasteiger partial charge is 0.331 e. The van der Waals surface area contributed by atoms with Crippen LogP contribution in [0, 0.1) is 23.2 Å². The first-order valence-electron chi connectivity index (χ1n) is 7.84. The Bertz CT molecular complexity index is 687. The van der Waals surface area contributed by atoms with Gasteiger partial charge in [-0.05, 0) is 48.1 Å². The molecule has 1 N–H and O–H groups in total. The first-order chi connectivity index (χ1) is 9.98. The zero-order valence-electron chi connectivity index (χ0n) is 12.8. The molecule has 2 aliphatic carbocycles. The van der Waals surface area contributed by atoms with Crippen molar-refractivity contribution >= 4 is 21.8 Å². The first kappa shape index (κ1) is 13.5. The van der Waals surface area contributed by atoms with Crippen LogP contribution < -0.4 is 0 Å². The Hall–Kier alpha value is -1.16. The molecule has 1 heterocycles. The molecule has 4 heteroatoms. The molecule has 0 saturated heterocycles. The second-order valence-electron chi connectivity index (χ2n) is 7.38. The summed E-state index contributed by atoms with van der Waals surface area (Å²) in [5.41, 5.74) is 2.35. The number of nitrogens with zero attached hydrogens (tertiary/aromatic N) is 1. The third-order valence-corrected chi connectivity index (χ3v) is 7.65. The highest BCUT2D eigenvalue weighted by Gasteiger charge is 2.61. The van der Waals surface area contributed by atoms with E-state index in [2.05, 4.69) is 30.7 Å². The smallest absolute Gasteiger partial charge is 0.197 e. The fourth-order valence-electron chi connectivity index (χ4n) is 4.29. The van der Waals surface area contributed by atoms with Crippen molar-refractivity contribution < 1.29 is 4.21 Å². The molecule has 2 aromatic rings. The normalized spacial score (nSPS) is 35.4. The third kappa shape index (κ3) is 1.99. The van der Waals surface area contributed by atoms with Crippen molar-refractivity contribution in [2.45, 2.75) is 44.0 Å². The van der Waals surface area contributed by atoms with Crippen molar-refractivity contribution in [3.63, 3.8) is 0 Å². The number of para-hydroxylation sites is 2. The summed E-state index contributed by atoms with van der Waals surface area (Å²) in [4.78, 5) is 7.79. The van der Waals surface area contributed by atoms with Gasteiger partial charge in [0.2, 0.25) is 0 Å². The second-order valence-corrected chi connectivity index (χ2v) is 8.97. The molecule has 0 radical (unpaired) electrons. The van der Waals surface area contributed by atoms with Crippen molar-refractivity contribution in [1.82, 2.24) is 9.97 Å². The van der Waals surface area contributed by atoms with Crippen LogP contribution in [0.15, 0.2) is 29.4 Å². The summed E-state index contributed by atoms with van der Waals surface area (Å²) in [5.74, 6) is 2.12. The summed E-state index contributed by atoms with van der Waals surface area (Å²) >= 11 is 0. The van der Waals surface area contributed by atoms with Crippen molar-refractivity contribution in [3.8, 4) is 0 Å². The molecule has 1 unspecified atom stereocenters. The van der Waals surface area contributed by atoms with Gasteiger partial charge in [0.1, 0.15) is 0 Å². The maximum atomic E-state index is 13.0. The van der Waals surface area contributed by atoms with E-state index in [0.717, 1.165) is 29.3 Å². The average molecular weight is 302 g/mol. The van der Waals surface area contributed by atoms with Crippen LogP contribution in [0.4, 0.5) is 0 Å². The predicted octanol–water partition coefficient (Wildman–Crippen LogP) is 3.74. The number of nitrogens with one attached hydrogen (secondary N) is 1. The summed E-state index contributed by atoms with van der Waals surface area (Å²) in [7, 11) is -1.03. The van der Waals surface area contributed by atoms with Crippen LogP contribution in [0.1, 0.15) is 33.6 Å². The fourth-order valence-corrected chi connectivity index (χ4v) is 5.90. The van der Waals surface area contributed by atoms with Crippen LogP contribution in [0.25, 0.3) is 11.0 Å². The Morgan fingerprint density at radius 2 is 1.95 bits per heavy atom. The van der Waals surface area contributed by atoms with E-state index in [4.69, 9.17) is 0 Å². The maximum absolute atomic E-state index is 13.0. The van der Waals surface area contributed by atoms with Crippen molar-refractivity contribution in [1.29, 1.82) is 0 Å². The van der Waals surface area contributed by atoms with Gasteiger partial charge in [0, 0.05) is 5.25 Å². The molecule has 112 valence electrons. The average Bonchev–Trinajstić information content (AvgIpc) is 2.85. The monoisotopic (exact) mass is 302 g/mol. The van der Waals surface area contributed by atoms with Crippen molar-refractivity contribution in [2.75, 3.05) is 0 Å². The summed E-state index contributed by atoms with van der Waals surface area (Å²) in [6.07, 6.45) is 2.30. The third-order valence-electron chi connectivity index (χ3n) is 5.87. The molecular weight excluding hydrogens is 280 g/mol. The summed E-state index contributed by atoms with van der Waals surface area (Å²) in [6, 6.07) is 7.91. The van der Waals surface area contributed by atoms with Gasteiger partial charge in [0.05, 0.1) is 21.8 Å². The van der Waals surface area contributed by atoms with Crippen LogP contribution >= 0.6 is 0 Å². The maximum Gasteiger partial charge on any atom is 0.197 e. The molecule has 0 spiro atoms. The van der Waals surface area contributed by atoms with Crippen LogP contribution in [-0.4, -0.2) is 19.4 Å². The molecule has 2 fully saturated rings. The summed E-state index contributed by atoms with van der Waals surface area (Å²) < 4.78 is 13.0. The van der Waals surface area contributed by atoms with Crippen LogP contribution in [0.3, 0.4) is 0 Å². The van der Waals surface area contributed by atoms with E-state index in [1.165, 1.54) is 6.42 Å². The number of rotatable bonds is 2. The molecule has 1 aromatic carbocycles. The van der Waals surface area contributed by atoms with Crippen LogP contribution in [-0.2, 0) is 10.8 Å². The number of fused-ring (bicyclic) bond motifs is 2. The van der Waals surface area contributed by atoms with Gasteiger partial charge in [-0.1, -0.05) is 32.9 Å². The summed E-state index contributed by atoms with van der Waals surface area (Å²) in [5, 5.41) is 0.901. The number of imidazole rings is 1. The summed E-state index contributed by atoms with van der Waals surface area (Å²) in [6.45, 7) is 6.99. The first-order valence-corrected chi connectivity index (χ1v) is 9.05. The molecular formula is C17H22N2OS. The quantitative estimate of drug-likeness (QED) is 0.918. The van der Waals surface area contributed by atoms with Gasteiger partial charge in [-0.3, -0.25) is 4.21 Å². The SMILES string of the molecule is C[C@@H]1C[C@H]2[C@@H](C[C@@H]1S(=O)c1nc3ccccc3[nH]1)C2(C)C. The van der Waals surface area contributed by atoms with Crippen molar-refractivity contribution in [3.05, 3.63) is 24.3 Å². The van der Waals surface area contributed by atoms with Gasteiger partial charge in [0.25, 0.3) is 0 Å². The molecule has 21 heavy (non-hydrogen) atoms. The lowest BCUT2D eigenvalue weighted by Crippen LogP contribution is -2.29. The standard InChI is InChI=1S/C17H22N2OS/c1-10-8-11-12(17(11,2)3)9-15(10)21(20)16-18-13-6-4-5-7-14(13)19-16/h4-7,10-12,15H,8-9H2,1-3H3,(H,18,19)/t10-,11+,12-,15+,21?/m1/s1. The van der Waals surface area contributed by atoms with E-state index in [-0.39, 0.29) is 5.25 Å². The molecule has 2 saturated carbocycles. The van der Waals surface area contributed by atoms with Crippen LogP contribution in [0.5, 0.6) is 0 Å². The van der Waals surface area contributed by atoms with E-state index in [9.17, 15) is 4.21 Å². The van der Waals surface area contributed by atoms with Crippen LogP contribution in [0.2, 0.25) is 0 Å². The zero-order chi connectivity index (χ0) is 14.8. The lowest BCUT2D eigenvalue weighted by atomic mass is 9.90. The molecule has 0 aliphatic heterocycles. The highest BCUT2D eigenvalue weighted by Crippen LogP contribution is 2.66. The molecule has 3 nitrogen and oxygen atoms in total. The minimum Gasteiger partial charge on any atom is -0.331 e. The van der Waals surface area contributed by atoms with E-state index in [1.54, 1.807) is 0 Å². The predicted molar refractivity (Wildman–Crippen MR) is 85.4 cm³/mol. The number of benzene rings is 1. The van der Waals surface area contributed by atoms with Gasteiger partial charge in [-0.25, -0.2) is 4.98 Å². The zero-order valence-corrected chi connectivity index (χ0v) is 13.6. The topological polar surface area (TPSA) is 45.8 Å². The number of aromatic amines is 1. The molecule has 0 amide bonds. The van der Waals surface area contributed by atoms with Gasteiger partial charge in [0.15, 0.2) is 5.16 Å². The fraction of sp³-hybridized carbons (Fsp3) is 0.588. The van der Waals surface area contributed by atoms with Gasteiger partial charge < -0.3 is 4.98 Å². The molecule has 1 aromatic heterocycles. The minimum absolute atomic E-state index is 0.244. The molecule has 5 atom stereocenters. The Morgan fingerprint density at radius 3 is 2.71 bits per heavy atom. The molecule has 4 rings (SSSR count). The number of H-pyrrole nitrogens is 1. The van der Waals surface area contributed by atoms with Gasteiger partial charge in [-0.15, -0.1) is 0 Å². The molecule has 0 bridgehead atoms. The molecule has 2 aliphatic rings. The van der Waals surface area contributed by atoms with Crippen molar-refractivity contribution in [2.24, 2.45) is 23.2 Å².